The molecule has 3 rings (SSSR count). The van der Waals surface area contributed by atoms with E-state index in [-0.39, 0.29) is 23.3 Å². The Morgan fingerprint density at radius 2 is 1.77 bits per heavy atom. The Kier molecular flexibility index (Phi) is 6.34. The number of hydrogen-bond acceptors (Lipinski definition) is 3. The molecule has 1 atom stereocenters. The highest BCUT2D eigenvalue weighted by Crippen LogP contribution is 2.23. The molecule has 1 unspecified atom stereocenters. The molecule has 0 aliphatic carbocycles. The summed E-state index contributed by atoms with van der Waals surface area (Å²) in [6, 6.07) is 10.1. The lowest BCUT2D eigenvalue weighted by molar-refractivity contribution is 0.0162. The van der Waals surface area contributed by atoms with Crippen LogP contribution in [0, 0.1) is 11.6 Å². The van der Waals surface area contributed by atoms with Gasteiger partial charge < -0.3 is 10.1 Å². The molecule has 0 saturated carbocycles. The number of hydrogen-bond donors (Lipinski definition) is 1. The number of nitrogens with one attached hydrogen (secondary N) is 1. The Hall–Kier alpha value is -1.83. The first kappa shape index (κ1) is 18.9. The van der Waals surface area contributed by atoms with E-state index in [1.165, 1.54) is 30.3 Å². The quantitative estimate of drug-likeness (QED) is 0.797. The second-order valence-corrected chi connectivity index (χ2v) is 6.90. The lowest BCUT2D eigenvalue weighted by Gasteiger charge is -2.35. The van der Waals surface area contributed by atoms with Gasteiger partial charge in [-0.2, -0.15) is 0 Å². The highest BCUT2D eigenvalue weighted by atomic mass is 79.9. The molecule has 26 heavy (non-hydrogen) atoms. The minimum Gasteiger partial charge on any atom is -0.379 e. The van der Waals surface area contributed by atoms with Crippen molar-refractivity contribution in [2.24, 2.45) is 0 Å². The average molecular weight is 425 g/mol. The number of nitrogens with zero attached hydrogens (tertiary/aromatic N) is 1. The standard InChI is InChI=1S/C19H19BrF2N2O2/c20-17-6-5-15(22)11-16(17)19(25)23-12-18(24-7-9-26-10-8-24)13-1-3-14(21)4-2-13/h1-6,11,18H,7-10,12H2,(H,23,25). The molecule has 1 saturated heterocycles. The van der Waals surface area contributed by atoms with Crippen molar-refractivity contribution in [3.63, 3.8) is 0 Å². The van der Waals surface area contributed by atoms with Crippen molar-refractivity contribution in [3.8, 4) is 0 Å². The maximum atomic E-state index is 13.4. The third-order valence-corrected chi connectivity index (χ3v) is 5.06. The minimum atomic E-state index is -0.471. The zero-order valence-electron chi connectivity index (χ0n) is 14.1. The number of carbonyl (C=O) groups is 1. The van der Waals surface area contributed by atoms with Gasteiger partial charge in [-0.1, -0.05) is 12.1 Å². The van der Waals surface area contributed by atoms with Crippen LogP contribution in [0.1, 0.15) is 22.0 Å². The van der Waals surface area contributed by atoms with Crippen molar-refractivity contribution in [1.29, 1.82) is 0 Å². The molecular weight excluding hydrogens is 406 g/mol. The van der Waals surface area contributed by atoms with E-state index in [1.54, 1.807) is 12.1 Å². The summed E-state index contributed by atoms with van der Waals surface area (Å²) in [5, 5.41) is 2.87. The summed E-state index contributed by atoms with van der Waals surface area (Å²) in [5.41, 5.74) is 1.15. The van der Waals surface area contributed by atoms with E-state index in [2.05, 4.69) is 26.1 Å². The molecule has 2 aromatic carbocycles. The highest BCUT2D eigenvalue weighted by molar-refractivity contribution is 9.10. The summed E-state index contributed by atoms with van der Waals surface area (Å²) in [6.07, 6.45) is 0. The zero-order valence-corrected chi connectivity index (χ0v) is 15.6. The summed E-state index contributed by atoms with van der Waals surface area (Å²) >= 11 is 3.27. The molecule has 1 amide bonds. The minimum absolute atomic E-state index is 0.115. The average Bonchev–Trinajstić information content (AvgIpc) is 2.66. The molecule has 7 heteroatoms. The van der Waals surface area contributed by atoms with Gasteiger partial charge in [-0.3, -0.25) is 9.69 Å². The van der Waals surface area contributed by atoms with Crippen molar-refractivity contribution < 1.29 is 18.3 Å². The predicted octanol–water partition coefficient (Wildman–Crippen LogP) is 3.53. The van der Waals surface area contributed by atoms with Crippen LogP contribution in [0.25, 0.3) is 0 Å². The second-order valence-electron chi connectivity index (χ2n) is 6.05. The third kappa shape index (κ3) is 4.66. The van der Waals surface area contributed by atoms with Gasteiger partial charge in [0.1, 0.15) is 11.6 Å². The predicted molar refractivity (Wildman–Crippen MR) is 98.0 cm³/mol. The normalized spacial score (nSPS) is 16.3. The van der Waals surface area contributed by atoms with Crippen molar-refractivity contribution in [2.75, 3.05) is 32.8 Å². The molecule has 4 nitrogen and oxygen atoms in total. The van der Waals surface area contributed by atoms with Gasteiger partial charge in [0.15, 0.2) is 0 Å². The van der Waals surface area contributed by atoms with E-state index in [1.807, 2.05) is 0 Å². The first-order chi connectivity index (χ1) is 12.5. The molecule has 1 heterocycles. The van der Waals surface area contributed by atoms with Crippen molar-refractivity contribution in [2.45, 2.75) is 6.04 Å². The second kappa shape index (κ2) is 8.70. The van der Waals surface area contributed by atoms with Gasteiger partial charge in [0.25, 0.3) is 5.91 Å². The molecule has 1 aliphatic heterocycles. The Morgan fingerprint density at radius 3 is 2.46 bits per heavy atom. The van der Waals surface area contributed by atoms with E-state index >= 15 is 0 Å². The van der Waals surface area contributed by atoms with Gasteiger partial charge in [0, 0.05) is 24.1 Å². The summed E-state index contributed by atoms with van der Waals surface area (Å²) in [7, 11) is 0. The molecule has 1 aliphatic rings. The lowest BCUT2D eigenvalue weighted by atomic mass is 10.0. The topological polar surface area (TPSA) is 41.6 Å². The van der Waals surface area contributed by atoms with Crippen molar-refractivity contribution >= 4 is 21.8 Å². The smallest absolute Gasteiger partial charge is 0.252 e. The van der Waals surface area contributed by atoms with Crippen molar-refractivity contribution in [3.05, 3.63) is 69.7 Å². The molecular formula is C19H19BrF2N2O2. The molecule has 1 N–H and O–H groups in total. The summed E-state index contributed by atoms with van der Waals surface area (Å²) in [4.78, 5) is 14.7. The van der Waals surface area contributed by atoms with E-state index < -0.39 is 5.82 Å². The van der Waals surface area contributed by atoms with Crippen molar-refractivity contribution in [1.82, 2.24) is 10.2 Å². The number of carbonyl (C=O) groups excluding carboxylic acids is 1. The molecule has 138 valence electrons. The van der Waals surface area contributed by atoms with Crippen LogP contribution in [0.2, 0.25) is 0 Å². The van der Waals surface area contributed by atoms with Crippen LogP contribution in [-0.2, 0) is 4.74 Å². The van der Waals surface area contributed by atoms with E-state index in [9.17, 15) is 13.6 Å². The maximum Gasteiger partial charge on any atom is 0.252 e. The Morgan fingerprint density at radius 1 is 1.12 bits per heavy atom. The van der Waals surface area contributed by atoms with Crippen LogP contribution >= 0.6 is 15.9 Å². The summed E-state index contributed by atoms with van der Waals surface area (Å²) in [5.74, 6) is -1.14. The van der Waals surface area contributed by atoms with E-state index in [4.69, 9.17) is 4.74 Å². The highest BCUT2D eigenvalue weighted by Gasteiger charge is 2.24. The largest absolute Gasteiger partial charge is 0.379 e. The van der Waals surface area contributed by atoms with Gasteiger partial charge in [0.05, 0.1) is 24.8 Å². The Labute approximate surface area is 159 Å². The molecule has 2 aromatic rings. The third-order valence-electron chi connectivity index (χ3n) is 4.37. The molecule has 0 bridgehead atoms. The molecule has 0 spiro atoms. The number of ether oxygens (including phenoxy) is 1. The zero-order chi connectivity index (χ0) is 18.5. The van der Waals surface area contributed by atoms with Crippen LogP contribution in [0.5, 0.6) is 0 Å². The molecule has 0 aromatic heterocycles. The lowest BCUT2D eigenvalue weighted by Crippen LogP contribution is -2.43. The van der Waals surface area contributed by atoms with Crippen LogP contribution in [-0.4, -0.2) is 43.7 Å². The maximum absolute atomic E-state index is 13.4. The SMILES string of the molecule is O=C(NCC(c1ccc(F)cc1)N1CCOCC1)c1cc(F)ccc1Br. The van der Waals surface area contributed by atoms with Gasteiger partial charge in [-0.25, -0.2) is 8.78 Å². The fraction of sp³-hybridized carbons (Fsp3) is 0.316. The number of morpholine rings is 1. The first-order valence-electron chi connectivity index (χ1n) is 8.35. The van der Waals surface area contributed by atoms with Crippen LogP contribution < -0.4 is 5.32 Å². The van der Waals surface area contributed by atoms with E-state index in [0.717, 1.165) is 18.7 Å². The fourth-order valence-electron chi connectivity index (χ4n) is 2.99. The Balaban J connectivity index is 1.75. The summed E-state index contributed by atoms with van der Waals surface area (Å²) < 4.78 is 32.6. The number of rotatable bonds is 5. The van der Waals surface area contributed by atoms with Gasteiger partial charge in [-0.05, 0) is 51.8 Å². The molecule has 1 fully saturated rings. The van der Waals surface area contributed by atoms with Crippen LogP contribution in [0.15, 0.2) is 46.9 Å². The van der Waals surface area contributed by atoms with Gasteiger partial charge >= 0.3 is 0 Å². The van der Waals surface area contributed by atoms with Gasteiger partial charge in [-0.15, -0.1) is 0 Å². The molecule has 0 radical (unpaired) electrons. The number of halogens is 3. The monoisotopic (exact) mass is 424 g/mol. The number of amides is 1. The summed E-state index contributed by atoms with van der Waals surface area (Å²) in [6.45, 7) is 3.00. The van der Waals surface area contributed by atoms with Gasteiger partial charge in [0.2, 0.25) is 0 Å². The first-order valence-corrected chi connectivity index (χ1v) is 9.14. The Bertz CT molecular complexity index is 765. The van der Waals surface area contributed by atoms with E-state index in [0.29, 0.717) is 24.2 Å². The fourth-order valence-corrected chi connectivity index (χ4v) is 3.41. The van der Waals surface area contributed by atoms with Crippen LogP contribution in [0.4, 0.5) is 8.78 Å². The van der Waals surface area contributed by atoms with Crippen LogP contribution in [0.3, 0.4) is 0 Å². The number of benzene rings is 2.